The first-order chi connectivity index (χ1) is 13.2. The maximum atomic E-state index is 5.69. The first-order valence-electron chi connectivity index (χ1n) is 8.80. The Morgan fingerprint density at radius 1 is 1.19 bits per heavy atom. The minimum Gasteiger partial charge on any atom is -0.493 e. The highest BCUT2D eigenvalue weighted by Crippen LogP contribution is 2.33. The van der Waals surface area contributed by atoms with Gasteiger partial charge in [-0.1, -0.05) is 12.1 Å². The van der Waals surface area contributed by atoms with Crippen LogP contribution in [0.3, 0.4) is 0 Å². The monoisotopic (exact) mass is 367 g/mol. The molecule has 0 spiro atoms. The largest absolute Gasteiger partial charge is 0.493 e. The molecule has 3 rings (SSSR count). The number of allylic oxidation sites excluding steroid dienone is 1. The number of furan rings is 1. The van der Waals surface area contributed by atoms with Gasteiger partial charge in [-0.05, 0) is 37.1 Å². The third kappa shape index (κ3) is 4.23. The van der Waals surface area contributed by atoms with Crippen molar-refractivity contribution in [3.8, 4) is 23.0 Å². The number of aromatic amines is 1. The zero-order valence-electron chi connectivity index (χ0n) is 16.0. The van der Waals surface area contributed by atoms with Crippen molar-refractivity contribution in [2.24, 2.45) is 0 Å². The topological polar surface area (TPSA) is 72.3 Å². The minimum absolute atomic E-state index is 0.663. The molecule has 0 radical (unpaired) electrons. The van der Waals surface area contributed by atoms with Gasteiger partial charge in [0.2, 0.25) is 0 Å². The van der Waals surface area contributed by atoms with Crippen LogP contribution in [-0.4, -0.2) is 24.4 Å². The fourth-order valence-corrected chi connectivity index (χ4v) is 3.08. The summed E-state index contributed by atoms with van der Waals surface area (Å²) in [7, 11) is 3.30. The predicted molar refractivity (Wildman–Crippen MR) is 105 cm³/mol. The molecule has 0 bridgehead atoms. The Bertz CT molecular complexity index is 911. The molecule has 2 heterocycles. The van der Waals surface area contributed by atoms with Crippen LogP contribution < -0.4 is 14.8 Å². The summed E-state index contributed by atoms with van der Waals surface area (Å²) in [4.78, 5) is 0. The molecule has 0 unspecified atom stereocenters. The Hall–Kier alpha value is -2.99. The lowest BCUT2D eigenvalue weighted by atomic mass is 10.1. The standard InChI is InChI=1S/C21H25N3O3/c1-5-6-16-9-15(10-19(25-3)21(16)26-4)11-22-12-17-13-23-24-20(17)18-8-7-14(2)27-18/h5,7-10,13,22H,1,6,11-12H2,2-4H3,(H,23,24). The molecule has 0 atom stereocenters. The number of rotatable bonds is 9. The minimum atomic E-state index is 0.663. The normalized spacial score (nSPS) is 10.8. The third-order valence-corrected chi connectivity index (χ3v) is 4.33. The van der Waals surface area contributed by atoms with Gasteiger partial charge in [-0.15, -0.1) is 6.58 Å². The van der Waals surface area contributed by atoms with Crippen molar-refractivity contribution in [2.45, 2.75) is 26.4 Å². The van der Waals surface area contributed by atoms with Gasteiger partial charge in [-0.2, -0.15) is 5.10 Å². The Kier molecular flexibility index (Phi) is 5.98. The van der Waals surface area contributed by atoms with E-state index in [-0.39, 0.29) is 0 Å². The van der Waals surface area contributed by atoms with E-state index in [0.29, 0.717) is 13.1 Å². The molecule has 27 heavy (non-hydrogen) atoms. The molecule has 6 heteroatoms. The van der Waals surface area contributed by atoms with Crippen molar-refractivity contribution in [1.29, 1.82) is 0 Å². The maximum absolute atomic E-state index is 5.69. The lowest BCUT2D eigenvalue weighted by Gasteiger charge is -2.15. The van der Waals surface area contributed by atoms with E-state index in [1.807, 2.05) is 37.4 Å². The predicted octanol–water partition coefficient (Wildman–Crippen LogP) is 4.01. The van der Waals surface area contributed by atoms with Crippen LogP contribution in [0.5, 0.6) is 11.5 Å². The Labute approximate surface area is 159 Å². The van der Waals surface area contributed by atoms with Crippen molar-refractivity contribution < 1.29 is 13.9 Å². The molecule has 0 aliphatic heterocycles. The molecule has 0 saturated carbocycles. The van der Waals surface area contributed by atoms with Gasteiger partial charge in [-0.3, -0.25) is 5.10 Å². The van der Waals surface area contributed by atoms with Crippen molar-refractivity contribution in [3.05, 3.63) is 65.6 Å². The maximum Gasteiger partial charge on any atom is 0.164 e. The van der Waals surface area contributed by atoms with Crippen molar-refractivity contribution in [3.63, 3.8) is 0 Å². The van der Waals surface area contributed by atoms with Crippen LogP contribution in [0, 0.1) is 6.92 Å². The quantitative estimate of drug-likeness (QED) is 0.559. The number of aromatic nitrogens is 2. The van der Waals surface area contributed by atoms with Crippen LogP contribution in [0.2, 0.25) is 0 Å². The van der Waals surface area contributed by atoms with E-state index in [9.17, 15) is 0 Å². The van der Waals surface area contributed by atoms with Crippen LogP contribution in [0.25, 0.3) is 11.5 Å². The average molecular weight is 367 g/mol. The summed E-state index contributed by atoms with van der Waals surface area (Å²) in [5.74, 6) is 3.15. The number of hydrogen-bond acceptors (Lipinski definition) is 5. The smallest absolute Gasteiger partial charge is 0.164 e. The lowest BCUT2D eigenvalue weighted by molar-refractivity contribution is 0.351. The zero-order chi connectivity index (χ0) is 19.2. The molecule has 142 valence electrons. The van der Waals surface area contributed by atoms with Crippen LogP contribution >= 0.6 is 0 Å². The number of hydrogen-bond donors (Lipinski definition) is 2. The Morgan fingerprint density at radius 3 is 2.70 bits per heavy atom. The highest BCUT2D eigenvalue weighted by molar-refractivity contribution is 5.56. The number of nitrogens with one attached hydrogen (secondary N) is 2. The Balaban J connectivity index is 1.72. The molecule has 0 fully saturated rings. The summed E-state index contributed by atoms with van der Waals surface area (Å²) in [5, 5.41) is 10.6. The number of aryl methyl sites for hydroxylation is 1. The highest BCUT2D eigenvalue weighted by Gasteiger charge is 2.13. The fraction of sp³-hybridized carbons (Fsp3) is 0.286. The van der Waals surface area contributed by atoms with Crippen LogP contribution in [0.4, 0.5) is 0 Å². The lowest BCUT2D eigenvalue weighted by Crippen LogP contribution is -2.13. The van der Waals surface area contributed by atoms with Crippen LogP contribution in [-0.2, 0) is 19.5 Å². The van der Waals surface area contributed by atoms with Gasteiger partial charge in [0, 0.05) is 24.2 Å². The summed E-state index contributed by atoms with van der Waals surface area (Å²) in [6, 6.07) is 7.99. The number of methoxy groups -OCH3 is 2. The van der Waals surface area contributed by atoms with E-state index in [1.54, 1.807) is 14.2 Å². The van der Waals surface area contributed by atoms with Gasteiger partial charge in [-0.25, -0.2) is 0 Å². The van der Waals surface area contributed by atoms with Crippen molar-refractivity contribution >= 4 is 0 Å². The van der Waals surface area contributed by atoms with Gasteiger partial charge in [0.25, 0.3) is 0 Å². The number of ether oxygens (including phenoxy) is 2. The molecule has 2 N–H and O–H groups in total. The summed E-state index contributed by atoms with van der Waals surface area (Å²) in [6.45, 7) is 7.10. The van der Waals surface area contributed by atoms with Gasteiger partial charge in [0.1, 0.15) is 11.5 Å². The second-order valence-corrected chi connectivity index (χ2v) is 6.27. The summed E-state index contributed by atoms with van der Waals surface area (Å²) < 4.78 is 16.7. The van der Waals surface area contributed by atoms with E-state index in [0.717, 1.165) is 51.8 Å². The summed E-state index contributed by atoms with van der Waals surface area (Å²) in [6.07, 6.45) is 4.40. The molecule has 0 aliphatic carbocycles. The summed E-state index contributed by atoms with van der Waals surface area (Å²) in [5.41, 5.74) is 4.12. The molecule has 2 aromatic heterocycles. The molecular weight excluding hydrogens is 342 g/mol. The fourth-order valence-electron chi connectivity index (χ4n) is 3.08. The van der Waals surface area contributed by atoms with E-state index >= 15 is 0 Å². The molecule has 0 saturated heterocycles. The number of benzene rings is 1. The van der Waals surface area contributed by atoms with Crippen LogP contribution in [0.15, 0.2) is 47.5 Å². The van der Waals surface area contributed by atoms with E-state index in [4.69, 9.17) is 13.9 Å². The summed E-state index contributed by atoms with van der Waals surface area (Å²) >= 11 is 0. The second kappa shape index (κ2) is 8.60. The third-order valence-electron chi connectivity index (χ3n) is 4.33. The van der Waals surface area contributed by atoms with Crippen molar-refractivity contribution in [1.82, 2.24) is 15.5 Å². The highest BCUT2D eigenvalue weighted by atomic mass is 16.5. The van der Waals surface area contributed by atoms with E-state index in [1.165, 1.54) is 0 Å². The van der Waals surface area contributed by atoms with Gasteiger partial charge in [0.05, 0.1) is 20.4 Å². The SMILES string of the molecule is C=CCc1cc(CNCc2cn[nH]c2-c2ccc(C)o2)cc(OC)c1OC. The average Bonchev–Trinajstić information content (AvgIpc) is 3.30. The molecule has 0 amide bonds. The first-order valence-corrected chi connectivity index (χ1v) is 8.80. The Morgan fingerprint density at radius 2 is 2.04 bits per heavy atom. The number of nitrogens with zero attached hydrogens (tertiary/aromatic N) is 1. The molecule has 6 nitrogen and oxygen atoms in total. The van der Waals surface area contributed by atoms with Crippen molar-refractivity contribution in [2.75, 3.05) is 14.2 Å². The molecule has 3 aromatic rings. The van der Waals surface area contributed by atoms with Gasteiger partial charge < -0.3 is 19.2 Å². The first kappa shape index (κ1) is 18.8. The zero-order valence-corrected chi connectivity index (χ0v) is 16.0. The second-order valence-electron chi connectivity index (χ2n) is 6.27. The molecular formula is C21H25N3O3. The van der Waals surface area contributed by atoms with Gasteiger partial charge >= 0.3 is 0 Å². The van der Waals surface area contributed by atoms with Crippen LogP contribution in [0.1, 0.15) is 22.5 Å². The number of H-pyrrole nitrogens is 1. The molecule has 1 aromatic carbocycles. The molecule has 0 aliphatic rings. The van der Waals surface area contributed by atoms with Gasteiger partial charge in [0.15, 0.2) is 17.3 Å². The van der Waals surface area contributed by atoms with E-state index < -0.39 is 0 Å². The van der Waals surface area contributed by atoms with E-state index in [2.05, 4.69) is 28.2 Å².